The third kappa shape index (κ3) is 28.6. The van der Waals surface area contributed by atoms with E-state index in [0.717, 1.165) is 57.8 Å². The van der Waals surface area contributed by atoms with E-state index in [-0.39, 0.29) is 12.4 Å². The lowest BCUT2D eigenvalue weighted by atomic mass is 10.0. The monoisotopic (exact) mass is 518 g/mol. The highest BCUT2D eigenvalue weighted by Crippen LogP contribution is 2.16. The fourth-order valence-corrected chi connectivity index (χ4v) is 4.39. The van der Waals surface area contributed by atoms with Gasteiger partial charge >= 0.3 is 11.9 Å². The van der Waals surface area contributed by atoms with Crippen LogP contribution in [-0.2, 0) is 14.3 Å². The Morgan fingerprint density at radius 1 is 0.649 bits per heavy atom. The molecule has 0 aromatic rings. The number of aliphatic carboxylic acids is 1. The molecule has 1 unspecified atom stereocenters. The number of carboxylic acids is 1. The summed E-state index contributed by atoms with van der Waals surface area (Å²) in [7, 11) is 0. The van der Waals surface area contributed by atoms with E-state index in [1.54, 1.807) is 0 Å². The van der Waals surface area contributed by atoms with Gasteiger partial charge in [-0.25, -0.2) is 0 Å². The first-order valence-corrected chi connectivity index (χ1v) is 15.5. The molecule has 0 amide bonds. The maximum Gasteiger partial charge on any atom is 0.307 e. The van der Waals surface area contributed by atoms with Crippen LogP contribution in [0.3, 0.4) is 0 Å². The molecule has 0 saturated carbocycles. The fraction of sp³-hybridized carbons (Fsp3) is 0.758. The van der Waals surface area contributed by atoms with Crippen molar-refractivity contribution in [1.82, 2.24) is 0 Å². The second-order valence-corrected chi connectivity index (χ2v) is 10.3. The number of esters is 1. The molecule has 37 heavy (non-hydrogen) atoms. The predicted octanol–water partition coefficient (Wildman–Crippen LogP) is 10.3. The number of allylic oxidation sites excluding steroid dienone is 6. The van der Waals surface area contributed by atoms with Gasteiger partial charge < -0.3 is 9.84 Å². The molecule has 4 heteroatoms. The standard InChI is InChI=1S/C33H58O4/c1-3-5-7-9-11-13-15-16-17-18-19-21-23-25-27-29-33(36)37-31(30-32(34)35)28-26-24-22-20-14-12-10-8-6-4-2/h5,7,11,13,16-17,31H,3-4,6,8-10,12,14-15,18-30H2,1-2H3,(H,34,35)/b7-5-,13-11-,17-16-. The summed E-state index contributed by atoms with van der Waals surface area (Å²) >= 11 is 0. The quantitative estimate of drug-likeness (QED) is 0.0667. The first kappa shape index (κ1) is 35.2. The maximum atomic E-state index is 12.2. The van der Waals surface area contributed by atoms with E-state index in [4.69, 9.17) is 4.74 Å². The van der Waals surface area contributed by atoms with Crippen LogP contribution < -0.4 is 0 Å². The van der Waals surface area contributed by atoms with E-state index in [2.05, 4.69) is 50.3 Å². The minimum atomic E-state index is -0.890. The van der Waals surface area contributed by atoms with E-state index < -0.39 is 12.1 Å². The second-order valence-electron chi connectivity index (χ2n) is 10.3. The van der Waals surface area contributed by atoms with Gasteiger partial charge in [-0.2, -0.15) is 0 Å². The lowest BCUT2D eigenvalue weighted by Crippen LogP contribution is -2.21. The van der Waals surface area contributed by atoms with Gasteiger partial charge in [-0.3, -0.25) is 9.59 Å². The summed E-state index contributed by atoms with van der Waals surface area (Å²) in [4.78, 5) is 23.4. The van der Waals surface area contributed by atoms with Crippen molar-refractivity contribution in [3.63, 3.8) is 0 Å². The van der Waals surface area contributed by atoms with E-state index in [1.807, 2.05) is 0 Å². The van der Waals surface area contributed by atoms with Crippen LogP contribution in [0.1, 0.15) is 155 Å². The summed E-state index contributed by atoms with van der Waals surface area (Å²) in [6, 6.07) is 0. The first-order valence-electron chi connectivity index (χ1n) is 15.5. The lowest BCUT2D eigenvalue weighted by Gasteiger charge is -2.16. The van der Waals surface area contributed by atoms with Crippen molar-refractivity contribution in [2.45, 2.75) is 161 Å². The molecule has 0 heterocycles. The molecule has 0 rings (SSSR count). The van der Waals surface area contributed by atoms with Gasteiger partial charge in [-0.1, -0.05) is 127 Å². The molecule has 0 aliphatic heterocycles. The Kier molecular flexibility index (Phi) is 27.3. The van der Waals surface area contributed by atoms with E-state index in [1.165, 1.54) is 64.2 Å². The molecule has 214 valence electrons. The van der Waals surface area contributed by atoms with Crippen LogP contribution in [0.4, 0.5) is 0 Å². The predicted molar refractivity (Wildman–Crippen MR) is 158 cm³/mol. The van der Waals surface area contributed by atoms with Gasteiger partial charge in [0.15, 0.2) is 0 Å². The van der Waals surface area contributed by atoms with E-state index in [0.29, 0.717) is 12.8 Å². The Bertz CT molecular complexity index is 605. The average molecular weight is 519 g/mol. The highest BCUT2D eigenvalue weighted by Gasteiger charge is 2.17. The van der Waals surface area contributed by atoms with Gasteiger partial charge in [-0.05, 0) is 51.4 Å². The van der Waals surface area contributed by atoms with Crippen LogP contribution >= 0.6 is 0 Å². The minimum absolute atomic E-state index is 0.0810. The van der Waals surface area contributed by atoms with Crippen LogP contribution in [0.2, 0.25) is 0 Å². The summed E-state index contributed by atoms with van der Waals surface area (Å²) in [5.74, 6) is -1.13. The van der Waals surface area contributed by atoms with Crippen LogP contribution in [0.5, 0.6) is 0 Å². The third-order valence-electron chi connectivity index (χ3n) is 6.61. The largest absolute Gasteiger partial charge is 0.481 e. The van der Waals surface area contributed by atoms with Crippen molar-refractivity contribution < 1.29 is 19.4 Å². The minimum Gasteiger partial charge on any atom is -0.481 e. The molecule has 0 bridgehead atoms. The van der Waals surface area contributed by atoms with Crippen molar-refractivity contribution >= 4 is 11.9 Å². The highest BCUT2D eigenvalue weighted by molar-refractivity contribution is 5.71. The van der Waals surface area contributed by atoms with Gasteiger partial charge in [0.05, 0.1) is 6.42 Å². The van der Waals surface area contributed by atoms with Crippen LogP contribution in [0.15, 0.2) is 36.5 Å². The van der Waals surface area contributed by atoms with Crippen molar-refractivity contribution in [3.05, 3.63) is 36.5 Å². The number of hydrogen-bond donors (Lipinski definition) is 1. The lowest BCUT2D eigenvalue weighted by molar-refractivity contribution is -0.153. The van der Waals surface area contributed by atoms with Gasteiger partial charge in [0.25, 0.3) is 0 Å². The Balaban J connectivity index is 3.75. The van der Waals surface area contributed by atoms with Gasteiger partial charge in [0, 0.05) is 6.42 Å². The molecule has 0 fully saturated rings. The molecular weight excluding hydrogens is 460 g/mol. The summed E-state index contributed by atoms with van der Waals surface area (Å²) in [6.07, 6.45) is 35.8. The van der Waals surface area contributed by atoms with Crippen molar-refractivity contribution in [2.24, 2.45) is 0 Å². The molecule has 4 nitrogen and oxygen atoms in total. The number of unbranched alkanes of at least 4 members (excludes halogenated alkanes) is 14. The summed E-state index contributed by atoms with van der Waals surface area (Å²) in [6.45, 7) is 4.39. The van der Waals surface area contributed by atoms with Crippen LogP contribution in [-0.4, -0.2) is 23.1 Å². The molecule has 0 spiro atoms. The van der Waals surface area contributed by atoms with Gasteiger partial charge in [0.2, 0.25) is 0 Å². The maximum absolute atomic E-state index is 12.2. The molecule has 0 saturated heterocycles. The SMILES string of the molecule is CC/C=C\C/C=C\C/C=C\CCCCCCCC(=O)OC(CCCCCCCCCCCC)CC(=O)O. The first-order chi connectivity index (χ1) is 18.1. The summed E-state index contributed by atoms with van der Waals surface area (Å²) in [5, 5.41) is 9.17. The number of carbonyl (C=O) groups is 2. The molecule has 0 radical (unpaired) electrons. The molecule has 0 aliphatic rings. The molecule has 1 atom stereocenters. The number of carboxylic acid groups (broad SMARTS) is 1. The van der Waals surface area contributed by atoms with Crippen molar-refractivity contribution in [2.75, 3.05) is 0 Å². The Morgan fingerprint density at radius 3 is 1.76 bits per heavy atom. The molecule has 1 N–H and O–H groups in total. The molecule has 0 aromatic heterocycles. The summed E-state index contributed by atoms with van der Waals surface area (Å²) in [5.41, 5.74) is 0. The number of rotatable bonds is 27. The average Bonchev–Trinajstić information content (AvgIpc) is 2.87. The van der Waals surface area contributed by atoms with Crippen LogP contribution in [0.25, 0.3) is 0 Å². The van der Waals surface area contributed by atoms with E-state index >= 15 is 0 Å². The number of ether oxygens (including phenoxy) is 1. The second kappa shape index (κ2) is 28.7. The van der Waals surface area contributed by atoms with E-state index in [9.17, 15) is 14.7 Å². The molecular formula is C33H58O4. The molecule has 0 aliphatic carbocycles. The van der Waals surface area contributed by atoms with Gasteiger partial charge in [-0.15, -0.1) is 0 Å². The topological polar surface area (TPSA) is 63.6 Å². The fourth-order valence-electron chi connectivity index (χ4n) is 4.39. The Morgan fingerprint density at radius 2 is 1.16 bits per heavy atom. The van der Waals surface area contributed by atoms with Crippen molar-refractivity contribution in [1.29, 1.82) is 0 Å². The third-order valence-corrected chi connectivity index (χ3v) is 6.61. The zero-order chi connectivity index (χ0) is 27.2. The number of carbonyl (C=O) groups excluding carboxylic acids is 1. The highest BCUT2D eigenvalue weighted by atomic mass is 16.5. The Hall–Kier alpha value is -1.84. The van der Waals surface area contributed by atoms with Crippen LogP contribution in [0, 0.1) is 0 Å². The number of hydrogen-bond acceptors (Lipinski definition) is 3. The zero-order valence-corrected chi connectivity index (χ0v) is 24.3. The van der Waals surface area contributed by atoms with Crippen molar-refractivity contribution in [3.8, 4) is 0 Å². The zero-order valence-electron chi connectivity index (χ0n) is 24.3. The summed E-state index contributed by atoms with van der Waals surface area (Å²) < 4.78 is 5.52. The molecule has 0 aromatic carbocycles. The van der Waals surface area contributed by atoms with Gasteiger partial charge in [0.1, 0.15) is 6.10 Å². The smallest absolute Gasteiger partial charge is 0.307 e. The Labute approximate surface area is 229 Å². The normalized spacial score (nSPS) is 12.7.